The van der Waals surface area contributed by atoms with Gasteiger partial charge < -0.3 is 80.3 Å². The summed E-state index contributed by atoms with van der Waals surface area (Å²) in [7, 11) is 1.45. The van der Waals surface area contributed by atoms with Crippen LogP contribution in [0.3, 0.4) is 0 Å². The molecule has 288 valence electrons. The number of nitrogens with one attached hydrogen (secondary N) is 2. The lowest BCUT2D eigenvalue weighted by Gasteiger charge is -2.47. The van der Waals surface area contributed by atoms with Gasteiger partial charge in [0, 0.05) is 19.4 Å². The van der Waals surface area contributed by atoms with Crippen LogP contribution in [0.1, 0.15) is 18.4 Å². The molecule has 11 N–H and O–H groups in total. The molecule has 0 aliphatic carbocycles. The molecule has 2 saturated heterocycles. The minimum atomic E-state index is -2.82. The van der Waals surface area contributed by atoms with Crippen molar-refractivity contribution in [2.75, 3.05) is 26.9 Å². The lowest BCUT2D eigenvalue weighted by molar-refractivity contribution is -0.331. The summed E-state index contributed by atoms with van der Waals surface area (Å²) in [4.78, 5) is 37.2. The highest BCUT2D eigenvalue weighted by atomic mass is 16.7. The molecule has 2 heterocycles. The van der Waals surface area contributed by atoms with E-state index in [1.165, 1.54) is 31.4 Å². The van der Waals surface area contributed by atoms with E-state index in [2.05, 4.69) is 10.6 Å². The first kappa shape index (κ1) is 40.6. The second kappa shape index (κ2) is 18.1. The third kappa shape index (κ3) is 10.0. The number of ether oxygens (including phenoxy) is 5. The molecule has 4 rings (SSSR count). The molecule has 2 amide bonds. The number of carboxylic acids is 1. The summed E-state index contributed by atoms with van der Waals surface area (Å²) in [6.07, 6.45) is -17.0. The molecule has 2 aromatic rings. The van der Waals surface area contributed by atoms with Crippen LogP contribution in [-0.2, 0) is 35.0 Å². The normalized spacial score (nSPS) is 30.1. The molecule has 0 spiro atoms. The fourth-order valence-corrected chi connectivity index (χ4v) is 5.67. The van der Waals surface area contributed by atoms with Crippen LogP contribution < -0.4 is 20.1 Å². The molecule has 2 aliphatic heterocycles. The van der Waals surface area contributed by atoms with E-state index in [-0.39, 0.29) is 24.3 Å². The molecule has 2 fully saturated rings. The number of carbonyl (C=O) groups excluding carboxylic acids is 2. The molecular formula is C33H44N2O17. The number of amides is 2. The largest absolute Gasteiger partial charge is 0.508 e. The number of aliphatic hydroxyl groups excluding tert-OH is 7. The SMILES string of the molecule is COc1ccc(O[C@@H]2O[C@H](CO[C@]3(C(=O)O)C[C@H](O)[C@@H](NC(=O)CO)[C@H]([C@H](O)[C@H](O)CNC(=O)CCc4ccc(O)cc4)O3)[C@H](O)[C@H](O)[C@H]2O)cc1. The lowest BCUT2D eigenvalue weighted by atomic mass is 9.88. The topological polar surface area (TPSA) is 303 Å². The van der Waals surface area contributed by atoms with E-state index in [0.717, 1.165) is 5.56 Å². The van der Waals surface area contributed by atoms with Crippen LogP contribution in [0.2, 0.25) is 0 Å². The van der Waals surface area contributed by atoms with E-state index in [4.69, 9.17) is 23.7 Å². The molecule has 2 aromatic carbocycles. The van der Waals surface area contributed by atoms with E-state index in [9.17, 15) is 60.3 Å². The number of rotatable bonds is 16. The van der Waals surface area contributed by atoms with Crippen LogP contribution in [0, 0.1) is 0 Å². The average Bonchev–Trinajstić information content (AvgIpc) is 3.13. The number of carbonyl (C=O) groups is 3. The highest BCUT2D eigenvalue weighted by Gasteiger charge is 2.57. The molecule has 0 saturated carbocycles. The van der Waals surface area contributed by atoms with Crippen molar-refractivity contribution in [2.24, 2.45) is 0 Å². The Morgan fingerprint density at radius 1 is 0.942 bits per heavy atom. The smallest absolute Gasteiger partial charge is 0.364 e. The van der Waals surface area contributed by atoms with Crippen LogP contribution >= 0.6 is 0 Å². The number of phenols is 1. The van der Waals surface area contributed by atoms with Crippen molar-refractivity contribution in [1.29, 1.82) is 0 Å². The zero-order chi connectivity index (χ0) is 38.2. The van der Waals surface area contributed by atoms with Gasteiger partial charge in [0.2, 0.25) is 18.1 Å². The Hall–Kier alpha value is -4.15. The molecular weight excluding hydrogens is 696 g/mol. The van der Waals surface area contributed by atoms with Crippen LogP contribution in [-0.4, -0.2) is 158 Å². The van der Waals surface area contributed by atoms with Crippen molar-refractivity contribution in [1.82, 2.24) is 10.6 Å². The summed E-state index contributed by atoms with van der Waals surface area (Å²) in [6, 6.07) is 10.6. The zero-order valence-electron chi connectivity index (χ0n) is 27.9. The third-order valence-corrected chi connectivity index (χ3v) is 8.65. The van der Waals surface area contributed by atoms with E-state index in [1.54, 1.807) is 24.3 Å². The number of methoxy groups -OCH3 is 1. The van der Waals surface area contributed by atoms with Gasteiger partial charge in [0.15, 0.2) is 0 Å². The Kier molecular flexibility index (Phi) is 14.1. The van der Waals surface area contributed by atoms with Crippen LogP contribution in [0.15, 0.2) is 48.5 Å². The molecule has 0 aromatic heterocycles. The Bertz CT molecular complexity index is 1480. The second-order valence-corrected chi connectivity index (χ2v) is 12.3. The predicted octanol–water partition coefficient (Wildman–Crippen LogP) is -3.52. The molecule has 19 heteroatoms. The fraction of sp³-hybridized carbons (Fsp3) is 0.545. The van der Waals surface area contributed by atoms with Gasteiger partial charge in [-0.2, -0.15) is 0 Å². The highest BCUT2D eigenvalue weighted by molar-refractivity contribution is 5.78. The number of hydrogen-bond donors (Lipinski definition) is 11. The summed E-state index contributed by atoms with van der Waals surface area (Å²) >= 11 is 0. The summed E-state index contributed by atoms with van der Waals surface area (Å²) in [6.45, 7) is -2.50. The van der Waals surface area contributed by atoms with Gasteiger partial charge >= 0.3 is 5.97 Å². The minimum Gasteiger partial charge on any atom is -0.508 e. The summed E-state index contributed by atoms with van der Waals surface area (Å²) in [5.41, 5.74) is 0.739. The molecule has 52 heavy (non-hydrogen) atoms. The maximum atomic E-state index is 12.7. The first-order chi connectivity index (χ1) is 24.7. The van der Waals surface area contributed by atoms with Gasteiger partial charge in [-0.15, -0.1) is 0 Å². The quantitative estimate of drug-likeness (QED) is 0.0795. The van der Waals surface area contributed by atoms with Crippen LogP contribution in [0.4, 0.5) is 0 Å². The Morgan fingerprint density at radius 2 is 1.60 bits per heavy atom. The van der Waals surface area contributed by atoms with E-state index >= 15 is 0 Å². The molecule has 0 unspecified atom stereocenters. The predicted molar refractivity (Wildman–Crippen MR) is 173 cm³/mol. The average molecular weight is 741 g/mol. The monoisotopic (exact) mass is 740 g/mol. The first-order valence-corrected chi connectivity index (χ1v) is 16.2. The Labute approximate surface area is 296 Å². The molecule has 2 aliphatic rings. The maximum absolute atomic E-state index is 12.7. The van der Waals surface area contributed by atoms with Crippen molar-refractivity contribution in [3.63, 3.8) is 0 Å². The first-order valence-electron chi connectivity index (χ1n) is 16.2. The number of hydrogen-bond acceptors (Lipinski definition) is 16. The highest BCUT2D eigenvalue weighted by Crippen LogP contribution is 2.35. The molecule has 0 radical (unpaired) electrons. The Balaban J connectivity index is 1.46. The lowest BCUT2D eigenvalue weighted by Crippen LogP contribution is -2.69. The number of aryl methyl sites for hydroxylation is 1. The van der Waals surface area contributed by atoms with Crippen molar-refractivity contribution < 1.29 is 84.0 Å². The molecule has 19 nitrogen and oxygen atoms in total. The van der Waals surface area contributed by atoms with E-state index < -0.39 is 111 Å². The number of phenolic OH excluding ortho intramolecular Hbond substituents is 1. The van der Waals surface area contributed by atoms with E-state index in [0.29, 0.717) is 5.75 Å². The number of benzene rings is 2. The fourth-order valence-electron chi connectivity index (χ4n) is 5.67. The van der Waals surface area contributed by atoms with Crippen LogP contribution in [0.25, 0.3) is 0 Å². The summed E-state index contributed by atoms with van der Waals surface area (Å²) < 4.78 is 27.6. The number of carboxylic acid groups (broad SMARTS) is 1. The second-order valence-electron chi connectivity index (χ2n) is 12.3. The summed E-state index contributed by atoms with van der Waals surface area (Å²) in [5, 5.41) is 98.2. The van der Waals surface area contributed by atoms with Gasteiger partial charge in [0.1, 0.15) is 60.5 Å². The third-order valence-electron chi connectivity index (χ3n) is 8.65. The maximum Gasteiger partial charge on any atom is 0.364 e. The number of aliphatic hydroxyl groups is 7. The van der Waals surface area contributed by atoms with Crippen molar-refractivity contribution in [3.8, 4) is 17.2 Å². The molecule has 11 atom stereocenters. The number of aliphatic carboxylic acids is 1. The van der Waals surface area contributed by atoms with Gasteiger partial charge in [-0.3, -0.25) is 9.59 Å². The minimum absolute atomic E-state index is 0.0375. The standard InChI is InChI=1S/C33H44N2O17/c1-48-18-7-9-19(10-8-18)50-31-29(45)28(44)27(43)22(51-31)15-49-33(32(46)47)12-20(38)25(35-24(41)14-36)30(52-33)26(42)21(39)13-34-23(40)11-4-16-2-5-17(37)6-3-16/h2-3,5-10,20-22,25-31,36-39,42-45H,4,11-15H2,1H3,(H,34,40)(H,35,41)(H,46,47)/t20-,21+,22+,25+,26+,27-,28-,29+,30+,31+,33+/m0/s1. The van der Waals surface area contributed by atoms with Gasteiger partial charge in [-0.05, 0) is 48.4 Å². The van der Waals surface area contributed by atoms with Gasteiger partial charge in [-0.25, -0.2) is 4.79 Å². The van der Waals surface area contributed by atoms with E-state index in [1.807, 2.05) is 0 Å². The van der Waals surface area contributed by atoms with Crippen LogP contribution in [0.5, 0.6) is 17.2 Å². The summed E-state index contributed by atoms with van der Waals surface area (Å²) in [5.74, 6) is -5.53. The van der Waals surface area contributed by atoms with Gasteiger partial charge in [-0.1, -0.05) is 12.1 Å². The zero-order valence-corrected chi connectivity index (χ0v) is 27.9. The Morgan fingerprint density at radius 3 is 2.21 bits per heavy atom. The van der Waals surface area contributed by atoms with Crippen molar-refractivity contribution >= 4 is 17.8 Å². The van der Waals surface area contributed by atoms with Crippen molar-refractivity contribution in [3.05, 3.63) is 54.1 Å². The van der Waals surface area contributed by atoms with Gasteiger partial charge in [0.25, 0.3) is 5.79 Å². The number of aromatic hydroxyl groups is 1. The van der Waals surface area contributed by atoms with Crippen molar-refractivity contribution in [2.45, 2.75) is 86.2 Å². The molecule has 0 bridgehead atoms. The van der Waals surface area contributed by atoms with Gasteiger partial charge in [0.05, 0.1) is 32.0 Å².